The second kappa shape index (κ2) is 8.82. The number of rotatable bonds is 7. The van der Waals surface area contributed by atoms with Gasteiger partial charge in [-0.3, -0.25) is 0 Å². The molecule has 0 saturated carbocycles. The van der Waals surface area contributed by atoms with Crippen LogP contribution in [0.2, 0.25) is 25.5 Å². The van der Waals surface area contributed by atoms with Crippen LogP contribution in [0.5, 0.6) is 0 Å². The highest BCUT2D eigenvalue weighted by Crippen LogP contribution is 2.38. The minimum absolute atomic E-state index is 0.194. The van der Waals surface area contributed by atoms with Gasteiger partial charge < -0.3 is 9.31 Å². The Labute approximate surface area is 182 Å². The van der Waals surface area contributed by atoms with Gasteiger partial charge >= 0.3 is 7.12 Å². The standard InChI is InChI=1S/C25H34BFO2Si/c1-24(2)25(3,4)29-26(28-24)18-10-11-21(20-14-16-22(27)17-15-20)19-30(5,6)23-12-8-7-9-13-23/h7-9,11-17H,10,18-19H2,1-6H3/b21-11-. The monoisotopic (exact) mass is 424 g/mol. The van der Waals surface area contributed by atoms with Gasteiger partial charge in [-0.05, 0) is 69.7 Å². The molecule has 0 radical (unpaired) electrons. The molecule has 0 N–H and O–H groups in total. The van der Waals surface area contributed by atoms with Gasteiger partial charge in [0.15, 0.2) is 0 Å². The lowest BCUT2D eigenvalue weighted by molar-refractivity contribution is 0.00578. The van der Waals surface area contributed by atoms with Crippen molar-refractivity contribution in [2.45, 2.75) is 70.8 Å². The van der Waals surface area contributed by atoms with Gasteiger partial charge in [0.1, 0.15) is 5.82 Å². The van der Waals surface area contributed by atoms with Gasteiger partial charge in [-0.15, -0.1) is 0 Å². The van der Waals surface area contributed by atoms with E-state index in [0.29, 0.717) is 0 Å². The van der Waals surface area contributed by atoms with Crippen LogP contribution in [0, 0.1) is 5.82 Å². The molecule has 0 amide bonds. The molecule has 30 heavy (non-hydrogen) atoms. The molecule has 1 heterocycles. The smallest absolute Gasteiger partial charge is 0.403 e. The van der Waals surface area contributed by atoms with Crippen LogP contribution in [0.4, 0.5) is 4.39 Å². The molecule has 0 spiro atoms. The van der Waals surface area contributed by atoms with Gasteiger partial charge in [0.25, 0.3) is 0 Å². The minimum Gasteiger partial charge on any atom is -0.403 e. The quantitative estimate of drug-likeness (QED) is 0.485. The Morgan fingerprint density at radius 2 is 1.50 bits per heavy atom. The second-order valence-corrected chi connectivity index (χ2v) is 14.6. The number of hydrogen-bond acceptors (Lipinski definition) is 2. The number of hydrogen-bond donors (Lipinski definition) is 0. The molecular formula is C25H34BFO2Si. The van der Waals surface area contributed by atoms with E-state index in [9.17, 15) is 4.39 Å². The van der Waals surface area contributed by atoms with Crippen molar-refractivity contribution in [2.24, 2.45) is 0 Å². The molecule has 1 aliphatic rings. The van der Waals surface area contributed by atoms with E-state index in [1.807, 2.05) is 12.1 Å². The third-order valence-corrected chi connectivity index (χ3v) is 9.66. The largest absolute Gasteiger partial charge is 0.458 e. The average Bonchev–Trinajstić information content (AvgIpc) is 2.88. The highest BCUT2D eigenvalue weighted by atomic mass is 28.3. The molecular weight excluding hydrogens is 390 g/mol. The average molecular weight is 424 g/mol. The predicted molar refractivity (Wildman–Crippen MR) is 128 cm³/mol. The summed E-state index contributed by atoms with van der Waals surface area (Å²) in [6, 6.07) is 18.7. The molecule has 2 nitrogen and oxygen atoms in total. The van der Waals surface area contributed by atoms with Crippen molar-refractivity contribution in [1.82, 2.24) is 0 Å². The van der Waals surface area contributed by atoms with Crippen molar-refractivity contribution in [3.05, 3.63) is 72.1 Å². The molecule has 2 aromatic rings. The molecule has 1 fully saturated rings. The van der Waals surface area contributed by atoms with Crippen molar-refractivity contribution in [3.63, 3.8) is 0 Å². The Kier molecular flexibility index (Phi) is 6.75. The van der Waals surface area contributed by atoms with Gasteiger partial charge in [0, 0.05) is 0 Å². The summed E-state index contributed by atoms with van der Waals surface area (Å²) in [6.45, 7) is 13.1. The number of halogens is 1. The Morgan fingerprint density at radius 1 is 0.933 bits per heavy atom. The van der Waals surface area contributed by atoms with Gasteiger partial charge in [0.05, 0.1) is 19.3 Å². The molecule has 0 aliphatic carbocycles. The molecule has 0 unspecified atom stereocenters. The first-order valence-corrected chi connectivity index (χ1v) is 14.1. The van der Waals surface area contributed by atoms with Gasteiger partial charge in [-0.1, -0.05) is 66.8 Å². The van der Waals surface area contributed by atoms with Gasteiger partial charge in [-0.25, -0.2) is 4.39 Å². The van der Waals surface area contributed by atoms with Crippen LogP contribution in [0.25, 0.3) is 5.57 Å². The highest BCUT2D eigenvalue weighted by Gasteiger charge is 2.50. The van der Waals surface area contributed by atoms with Crippen LogP contribution < -0.4 is 5.19 Å². The van der Waals surface area contributed by atoms with Crippen LogP contribution >= 0.6 is 0 Å². The minimum atomic E-state index is -1.69. The SMILES string of the molecule is CC1(C)OB(CC/C=C(/C[Si](C)(C)c2ccccc2)c2ccc(F)cc2)OC1(C)C. The maximum Gasteiger partial charge on any atom is 0.458 e. The van der Waals surface area contributed by atoms with Crippen LogP contribution in [0.15, 0.2) is 60.7 Å². The van der Waals surface area contributed by atoms with E-state index in [0.717, 1.165) is 24.3 Å². The fraction of sp³-hybridized carbons (Fsp3) is 0.440. The lowest BCUT2D eigenvalue weighted by Gasteiger charge is -2.32. The predicted octanol–water partition coefficient (Wildman–Crippen LogP) is 6.31. The molecule has 160 valence electrons. The summed E-state index contributed by atoms with van der Waals surface area (Å²) in [6.07, 6.45) is 3.98. The molecule has 1 aliphatic heterocycles. The second-order valence-electron chi connectivity index (χ2n) is 9.93. The summed E-state index contributed by atoms with van der Waals surface area (Å²) in [4.78, 5) is 0. The summed E-state index contributed by atoms with van der Waals surface area (Å²) in [5.74, 6) is -0.199. The van der Waals surface area contributed by atoms with E-state index in [2.05, 4.69) is 77.2 Å². The van der Waals surface area contributed by atoms with Gasteiger partial charge in [0.2, 0.25) is 0 Å². The van der Waals surface area contributed by atoms with E-state index in [1.165, 1.54) is 10.8 Å². The highest BCUT2D eigenvalue weighted by molar-refractivity contribution is 6.91. The van der Waals surface area contributed by atoms with Crippen molar-refractivity contribution in [1.29, 1.82) is 0 Å². The molecule has 0 atom stereocenters. The zero-order chi connectivity index (χ0) is 22.0. The first-order valence-electron chi connectivity index (χ1n) is 10.9. The van der Waals surface area contributed by atoms with E-state index < -0.39 is 8.07 Å². The summed E-state index contributed by atoms with van der Waals surface area (Å²) in [5, 5.41) is 1.43. The Hall–Kier alpha value is -1.69. The summed E-state index contributed by atoms with van der Waals surface area (Å²) < 4.78 is 25.8. The Bertz CT molecular complexity index is 860. The van der Waals surface area contributed by atoms with Crippen LogP contribution in [0.1, 0.15) is 39.7 Å². The van der Waals surface area contributed by atoms with E-state index in [1.54, 1.807) is 12.1 Å². The van der Waals surface area contributed by atoms with E-state index in [-0.39, 0.29) is 24.1 Å². The van der Waals surface area contributed by atoms with E-state index in [4.69, 9.17) is 9.31 Å². The summed E-state index contributed by atoms with van der Waals surface area (Å²) in [7, 11) is -1.89. The zero-order valence-corrected chi connectivity index (χ0v) is 20.2. The zero-order valence-electron chi connectivity index (χ0n) is 19.2. The van der Waals surface area contributed by atoms with Crippen molar-refractivity contribution in [3.8, 4) is 0 Å². The molecule has 3 rings (SSSR count). The Balaban J connectivity index is 1.77. The fourth-order valence-electron chi connectivity index (χ4n) is 3.90. The van der Waals surface area contributed by atoms with Gasteiger partial charge in [-0.2, -0.15) is 0 Å². The lowest BCUT2D eigenvalue weighted by Crippen LogP contribution is -2.41. The number of benzene rings is 2. The maximum atomic E-state index is 13.5. The summed E-state index contributed by atoms with van der Waals surface area (Å²) >= 11 is 0. The maximum absolute atomic E-state index is 13.5. The summed E-state index contributed by atoms with van der Waals surface area (Å²) in [5.41, 5.74) is 1.78. The van der Waals surface area contributed by atoms with Crippen molar-refractivity contribution in [2.75, 3.05) is 0 Å². The molecule has 0 aromatic heterocycles. The van der Waals surface area contributed by atoms with Crippen molar-refractivity contribution >= 4 is 26.0 Å². The topological polar surface area (TPSA) is 18.5 Å². The lowest BCUT2D eigenvalue weighted by atomic mass is 9.82. The van der Waals surface area contributed by atoms with Crippen LogP contribution in [-0.4, -0.2) is 26.4 Å². The van der Waals surface area contributed by atoms with Crippen molar-refractivity contribution < 1.29 is 13.7 Å². The fourth-order valence-corrected chi connectivity index (χ4v) is 6.50. The van der Waals surface area contributed by atoms with Crippen LogP contribution in [-0.2, 0) is 9.31 Å². The molecule has 1 saturated heterocycles. The molecule has 2 aromatic carbocycles. The Morgan fingerprint density at radius 3 is 2.07 bits per heavy atom. The third-order valence-electron chi connectivity index (χ3n) is 6.50. The third kappa shape index (κ3) is 5.32. The first-order chi connectivity index (χ1) is 14.0. The normalized spacial score (nSPS) is 18.6. The van der Waals surface area contributed by atoms with E-state index >= 15 is 0 Å². The first kappa shape index (κ1) is 23.0. The molecule has 5 heteroatoms. The molecule has 0 bridgehead atoms. The van der Waals surface area contributed by atoms with Crippen LogP contribution in [0.3, 0.4) is 0 Å². The number of allylic oxidation sites excluding steroid dienone is 2.